The summed E-state index contributed by atoms with van der Waals surface area (Å²) in [7, 11) is 0. The van der Waals surface area contributed by atoms with Crippen molar-refractivity contribution >= 4 is 12.1 Å². The number of rotatable bonds is 6. The summed E-state index contributed by atoms with van der Waals surface area (Å²) in [6, 6.07) is 0. The zero-order chi connectivity index (χ0) is 19.1. The van der Waals surface area contributed by atoms with Crippen molar-refractivity contribution in [2.75, 3.05) is 26.3 Å². The molecule has 2 rings (SSSR count). The lowest BCUT2D eigenvalue weighted by Gasteiger charge is -2.35. The standard InChI is InChI=1S/C19H28N2O5/c1-4-7-8-13-11-20-12-15(22)16(19(24)25-6-3)18(23)21-9-10-26-17(13)14(21)5-2/h4,7,12-13,19,22,24H,5-6,8-11H2,1-3H3/b7-4+,16-15-,20-12?. The summed E-state index contributed by atoms with van der Waals surface area (Å²) in [5, 5.41) is 20.6. The van der Waals surface area contributed by atoms with Crippen LogP contribution in [0.25, 0.3) is 0 Å². The summed E-state index contributed by atoms with van der Waals surface area (Å²) in [5.74, 6) is -0.112. The van der Waals surface area contributed by atoms with Gasteiger partial charge in [-0.3, -0.25) is 9.79 Å². The summed E-state index contributed by atoms with van der Waals surface area (Å²) in [6.07, 6.45) is 5.03. The number of hydrogen-bond donors (Lipinski definition) is 2. The third kappa shape index (κ3) is 4.34. The van der Waals surface area contributed by atoms with Gasteiger partial charge in [-0.25, -0.2) is 0 Å². The highest BCUT2D eigenvalue weighted by atomic mass is 16.6. The fourth-order valence-corrected chi connectivity index (χ4v) is 3.17. The van der Waals surface area contributed by atoms with Gasteiger partial charge in [0.2, 0.25) is 0 Å². The molecule has 0 aliphatic carbocycles. The molecular formula is C19H28N2O5. The molecule has 26 heavy (non-hydrogen) atoms. The number of aliphatic hydroxyl groups excluding tert-OH is 2. The van der Waals surface area contributed by atoms with Crippen molar-refractivity contribution in [2.24, 2.45) is 10.9 Å². The van der Waals surface area contributed by atoms with Crippen LogP contribution in [0.1, 0.15) is 33.6 Å². The van der Waals surface area contributed by atoms with Crippen molar-refractivity contribution in [2.45, 2.75) is 39.9 Å². The molecule has 0 aromatic carbocycles. The van der Waals surface area contributed by atoms with Gasteiger partial charge in [-0.05, 0) is 26.7 Å². The van der Waals surface area contributed by atoms with E-state index in [-0.39, 0.29) is 23.9 Å². The average molecular weight is 364 g/mol. The Morgan fingerprint density at radius 1 is 1.50 bits per heavy atom. The maximum absolute atomic E-state index is 13.1. The van der Waals surface area contributed by atoms with E-state index in [1.54, 1.807) is 11.8 Å². The van der Waals surface area contributed by atoms with E-state index in [2.05, 4.69) is 4.99 Å². The quantitative estimate of drug-likeness (QED) is 0.557. The van der Waals surface area contributed by atoms with Crippen LogP contribution in [0.4, 0.5) is 0 Å². The molecule has 2 unspecified atom stereocenters. The molecule has 0 spiro atoms. The highest BCUT2D eigenvalue weighted by Crippen LogP contribution is 2.31. The maximum atomic E-state index is 13.1. The fraction of sp³-hybridized carbons (Fsp3) is 0.579. The molecule has 0 radical (unpaired) electrons. The van der Waals surface area contributed by atoms with Crippen molar-refractivity contribution in [1.82, 2.24) is 4.90 Å². The van der Waals surface area contributed by atoms with E-state index >= 15 is 0 Å². The van der Waals surface area contributed by atoms with Gasteiger partial charge in [0.05, 0.1) is 18.5 Å². The van der Waals surface area contributed by atoms with Crippen molar-refractivity contribution in [3.63, 3.8) is 0 Å². The first-order chi connectivity index (χ1) is 12.5. The molecule has 1 amide bonds. The van der Waals surface area contributed by atoms with Crippen molar-refractivity contribution in [3.05, 3.63) is 34.9 Å². The smallest absolute Gasteiger partial charge is 0.263 e. The second-order valence-electron chi connectivity index (χ2n) is 6.07. The Morgan fingerprint density at radius 3 is 2.92 bits per heavy atom. The monoisotopic (exact) mass is 364 g/mol. The molecule has 0 aromatic heterocycles. The zero-order valence-electron chi connectivity index (χ0n) is 15.6. The molecule has 2 aliphatic rings. The van der Waals surface area contributed by atoms with Crippen LogP contribution < -0.4 is 0 Å². The Labute approximate surface area is 154 Å². The summed E-state index contributed by atoms with van der Waals surface area (Å²) in [4.78, 5) is 18.9. The molecular weight excluding hydrogens is 336 g/mol. The van der Waals surface area contributed by atoms with E-state index in [4.69, 9.17) is 9.47 Å². The number of carbonyl (C=O) groups is 1. The minimum Gasteiger partial charge on any atom is -0.506 e. The van der Waals surface area contributed by atoms with Gasteiger partial charge in [-0.2, -0.15) is 0 Å². The lowest BCUT2D eigenvalue weighted by atomic mass is 9.97. The summed E-state index contributed by atoms with van der Waals surface area (Å²) < 4.78 is 11.1. The van der Waals surface area contributed by atoms with E-state index in [0.717, 1.165) is 17.9 Å². The van der Waals surface area contributed by atoms with Crippen molar-refractivity contribution in [1.29, 1.82) is 0 Å². The van der Waals surface area contributed by atoms with Crippen molar-refractivity contribution in [3.8, 4) is 0 Å². The Bertz CT molecular complexity index is 636. The minimum absolute atomic E-state index is 0.0147. The van der Waals surface area contributed by atoms with Crippen LogP contribution >= 0.6 is 0 Å². The van der Waals surface area contributed by atoms with E-state index in [9.17, 15) is 15.0 Å². The molecule has 2 atom stereocenters. The largest absolute Gasteiger partial charge is 0.506 e. The number of hydrogen-bond acceptors (Lipinski definition) is 6. The Morgan fingerprint density at radius 2 is 2.27 bits per heavy atom. The molecule has 2 aliphatic heterocycles. The number of amides is 1. The molecule has 7 nitrogen and oxygen atoms in total. The SMILES string of the molecule is C/C=C/CC1CN=C/C(O)=C(/C(O)OCC)C(=O)N2CCOC1=C2CC. The predicted octanol–water partition coefficient (Wildman–Crippen LogP) is 2.30. The van der Waals surface area contributed by atoms with Crippen LogP contribution in [0.2, 0.25) is 0 Å². The molecule has 7 heteroatoms. The number of nitrogens with zero attached hydrogens (tertiary/aromatic N) is 2. The number of carbonyl (C=O) groups excluding carboxylic acids is 1. The molecule has 144 valence electrons. The second-order valence-corrected chi connectivity index (χ2v) is 6.07. The first-order valence-corrected chi connectivity index (χ1v) is 9.06. The van der Waals surface area contributed by atoms with E-state index in [1.165, 1.54) is 6.21 Å². The summed E-state index contributed by atoms with van der Waals surface area (Å²) in [6.45, 7) is 6.94. The van der Waals surface area contributed by atoms with Crippen LogP contribution in [-0.2, 0) is 14.3 Å². The summed E-state index contributed by atoms with van der Waals surface area (Å²) in [5.41, 5.74) is 0.566. The van der Waals surface area contributed by atoms with E-state index in [1.807, 2.05) is 26.0 Å². The van der Waals surface area contributed by atoms with Crippen LogP contribution in [0.15, 0.2) is 39.9 Å². The molecule has 0 saturated heterocycles. The molecule has 2 N–H and O–H groups in total. The molecule has 0 fully saturated rings. The van der Waals surface area contributed by atoms with Crippen LogP contribution in [0, 0.1) is 5.92 Å². The topological polar surface area (TPSA) is 91.6 Å². The lowest BCUT2D eigenvalue weighted by molar-refractivity contribution is -0.134. The second kappa shape index (κ2) is 9.54. The molecule has 0 saturated carbocycles. The molecule has 2 bridgehead atoms. The van der Waals surface area contributed by atoms with Gasteiger partial charge in [-0.15, -0.1) is 0 Å². The van der Waals surface area contributed by atoms with Crippen molar-refractivity contribution < 1.29 is 24.5 Å². The highest BCUT2D eigenvalue weighted by molar-refractivity contribution is 6.00. The number of aliphatic imine (C=N–C) groups is 1. The Balaban J connectivity index is 2.54. The third-order valence-electron chi connectivity index (χ3n) is 4.41. The lowest BCUT2D eigenvalue weighted by Crippen LogP contribution is -2.42. The molecule has 0 aromatic rings. The van der Waals surface area contributed by atoms with Crippen LogP contribution in [0.3, 0.4) is 0 Å². The van der Waals surface area contributed by atoms with Gasteiger partial charge in [0, 0.05) is 19.1 Å². The molecule has 2 heterocycles. The normalized spacial score (nSPS) is 25.6. The minimum atomic E-state index is -1.51. The highest BCUT2D eigenvalue weighted by Gasteiger charge is 2.35. The van der Waals surface area contributed by atoms with Gasteiger partial charge >= 0.3 is 0 Å². The van der Waals surface area contributed by atoms with E-state index < -0.39 is 12.2 Å². The maximum Gasteiger partial charge on any atom is 0.263 e. The number of fused-ring (bicyclic) bond motifs is 1. The van der Waals surface area contributed by atoms with Gasteiger partial charge < -0.3 is 24.6 Å². The first-order valence-electron chi connectivity index (χ1n) is 9.06. The van der Waals surface area contributed by atoms with E-state index in [0.29, 0.717) is 26.1 Å². The third-order valence-corrected chi connectivity index (χ3v) is 4.41. The first kappa shape index (κ1) is 20.2. The zero-order valence-corrected chi connectivity index (χ0v) is 15.6. The number of aliphatic hydroxyl groups is 2. The van der Waals surface area contributed by atoms with Gasteiger partial charge in [0.25, 0.3) is 5.91 Å². The van der Waals surface area contributed by atoms with Gasteiger partial charge in [0.15, 0.2) is 6.29 Å². The van der Waals surface area contributed by atoms with Gasteiger partial charge in [-0.1, -0.05) is 19.1 Å². The van der Waals surface area contributed by atoms with Crippen LogP contribution in [0.5, 0.6) is 0 Å². The Kier molecular flexibility index (Phi) is 7.41. The number of allylic oxidation sites excluding steroid dienone is 4. The number of ether oxygens (including phenoxy) is 2. The fourth-order valence-electron chi connectivity index (χ4n) is 3.17. The Hall–Kier alpha value is -2.12. The predicted molar refractivity (Wildman–Crippen MR) is 98.5 cm³/mol. The van der Waals surface area contributed by atoms with Crippen LogP contribution in [-0.4, -0.2) is 59.8 Å². The average Bonchev–Trinajstić information content (AvgIpc) is 2.63. The summed E-state index contributed by atoms with van der Waals surface area (Å²) >= 11 is 0. The van der Waals surface area contributed by atoms with Gasteiger partial charge in [0.1, 0.15) is 23.7 Å².